The van der Waals surface area contributed by atoms with Crippen LogP contribution < -0.4 is 9.47 Å². The van der Waals surface area contributed by atoms with E-state index in [-0.39, 0.29) is 66.4 Å². The second-order valence-corrected chi connectivity index (χ2v) is 11.9. The number of fused-ring (bicyclic) bond motifs is 2. The van der Waals surface area contributed by atoms with Gasteiger partial charge in [-0.05, 0) is 116 Å². The molecule has 0 aromatic heterocycles. The van der Waals surface area contributed by atoms with Gasteiger partial charge < -0.3 is 9.47 Å². The van der Waals surface area contributed by atoms with Gasteiger partial charge in [0, 0.05) is 32.7 Å². The zero-order valence-electron chi connectivity index (χ0n) is 23.6. The minimum Gasteiger partial charge on any atom is -0.487 e. The summed E-state index contributed by atoms with van der Waals surface area (Å²) < 4.78 is 76.0. The maximum atomic E-state index is 16.2. The summed E-state index contributed by atoms with van der Waals surface area (Å²) in [5.74, 6) is -2.07. The molecule has 4 aromatic carbocycles. The van der Waals surface area contributed by atoms with Crippen LogP contribution in [0.1, 0.15) is 63.8 Å². The summed E-state index contributed by atoms with van der Waals surface area (Å²) in [5, 5.41) is -0.108. The molecule has 0 heterocycles. The van der Waals surface area contributed by atoms with E-state index in [1.54, 1.807) is 12.1 Å². The van der Waals surface area contributed by atoms with Crippen molar-refractivity contribution in [1.82, 2.24) is 0 Å². The number of benzene rings is 4. The average Bonchev–Trinajstić information content (AvgIpc) is 2.81. The van der Waals surface area contributed by atoms with Crippen molar-refractivity contribution in [1.29, 1.82) is 0 Å². The fourth-order valence-electron chi connectivity index (χ4n) is 4.75. The third kappa shape index (κ3) is 4.59. The van der Waals surface area contributed by atoms with Crippen LogP contribution >= 0.6 is 0 Å². The quantitative estimate of drug-likeness (QED) is 0.247. The summed E-state index contributed by atoms with van der Waals surface area (Å²) in [6.45, 7) is 16.9. The van der Waals surface area contributed by atoms with Gasteiger partial charge in [-0.1, -0.05) is 0 Å². The second-order valence-electron chi connectivity index (χ2n) is 11.9. The zero-order valence-corrected chi connectivity index (χ0v) is 23.6. The van der Waals surface area contributed by atoms with Crippen molar-refractivity contribution in [3.8, 4) is 22.6 Å². The van der Waals surface area contributed by atoms with Gasteiger partial charge in [-0.15, -0.1) is 0 Å². The summed E-state index contributed by atoms with van der Waals surface area (Å²) in [5.41, 5.74) is -0.627. The predicted octanol–water partition coefficient (Wildman–Crippen LogP) is 9.80. The Morgan fingerprint density at radius 1 is 0.474 bits per heavy atom. The highest BCUT2D eigenvalue weighted by Gasteiger charge is 2.30. The van der Waals surface area contributed by atoms with Gasteiger partial charge in [-0.2, -0.15) is 0 Å². The first-order valence-corrected chi connectivity index (χ1v) is 12.6. The van der Waals surface area contributed by atoms with Crippen LogP contribution in [0.25, 0.3) is 32.7 Å². The standard InChI is InChI=1S/C32H34F4O2/c1-15-17(3)29(35)23-19(27(15)33)11-13-21(37-31(5,6)7)25(23)26-22(38-32(8,9)10)14-12-20-24(26)30(36)18(4)16(2)28(20)34/h11-14H,1-10H3. The number of rotatable bonds is 3. The van der Waals surface area contributed by atoms with Crippen molar-refractivity contribution >= 4 is 21.5 Å². The highest BCUT2D eigenvalue weighted by atomic mass is 19.1. The van der Waals surface area contributed by atoms with Crippen LogP contribution in [0, 0.1) is 51.0 Å². The molecule has 0 atom stereocenters. The molecule has 0 spiro atoms. The number of halogens is 4. The Bertz CT molecular complexity index is 1480. The molecule has 0 aliphatic carbocycles. The second kappa shape index (κ2) is 9.18. The minimum absolute atomic E-state index is 0.0188. The van der Waals surface area contributed by atoms with Crippen LogP contribution in [0.4, 0.5) is 17.6 Å². The van der Waals surface area contributed by atoms with E-state index >= 15 is 17.6 Å². The van der Waals surface area contributed by atoms with Gasteiger partial charge in [0.15, 0.2) is 0 Å². The molecule has 0 amide bonds. The Morgan fingerprint density at radius 2 is 0.763 bits per heavy atom. The highest BCUT2D eigenvalue weighted by molar-refractivity contribution is 6.11. The van der Waals surface area contributed by atoms with Crippen molar-refractivity contribution in [2.24, 2.45) is 0 Å². The summed E-state index contributed by atoms with van der Waals surface area (Å²) in [6.07, 6.45) is 0. The number of hydrogen-bond acceptors (Lipinski definition) is 2. The van der Waals surface area contributed by atoms with Crippen molar-refractivity contribution in [2.45, 2.75) is 80.4 Å². The van der Waals surface area contributed by atoms with Gasteiger partial charge in [0.25, 0.3) is 0 Å². The first-order valence-electron chi connectivity index (χ1n) is 12.6. The molecule has 0 unspecified atom stereocenters. The van der Waals surface area contributed by atoms with Crippen LogP contribution in [0.2, 0.25) is 0 Å². The summed E-state index contributed by atoms with van der Waals surface area (Å²) in [4.78, 5) is 0. The van der Waals surface area contributed by atoms with E-state index < -0.39 is 34.5 Å². The van der Waals surface area contributed by atoms with Crippen LogP contribution in [-0.4, -0.2) is 11.2 Å². The van der Waals surface area contributed by atoms with E-state index in [2.05, 4.69) is 0 Å². The van der Waals surface area contributed by atoms with Crippen molar-refractivity contribution in [3.63, 3.8) is 0 Å². The number of hydrogen-bond donors (Lipinski definition) is 0. The van der Waals surface area contributed by atoms with E-state index in [0.717, 1.165) is 0 Å². The maximum Gasteiger partial charge on any atom is 0.135 e. The molecule has 4 rings (SSSR count). The van der Waals surface area contributed by atoms with E-state index in [1.807, 2.05) is 41.5 Å². The Kier molecular flexibility index (Phi) is 6.70. The van der Waals surface area contributed by atoms with Gasteiger partial charge in [0.2, 0.25) is 0 Å². The molecule has 2 nitrogen and oxygen atoms in total. The summed E-state index contributed by atoms with van der Waals surface area (Å²) in [7, 11) is 0. The fraction of sp³-hybridized carbons (Fsp3) is 0.375. The van der Waals surface area contributed by atoms with Crippen molar-refractivity contribution in [3.05, 3.63) is 69.8 Å². The average molecular weight is 527 g/mol. The van der Waals surface area contributed by atoms with Crippen LogP contribution in [0.15, 0.2) is 24.3 Å². The van der Waals surface area contributed by atoms with Crippen LogP contribution in [-0.2, 0) is 0 Å². The molecular weight excluding hydrogens is 492 g/mol. The lowest BCUT2D eigenvalue weighted by molar-refractivity contribution is 0.129. The van der Waals surface area contributed by atoms with Gasteiger partial charge in [-0.25, -0.2) is 17.6 Å². The largest absolute Gasteiger partial charge is 0.487 e. The van der Waals surface area contributed by atoms with E-state index in [1.165, 1.54) is 39.8 Å². The predicted molar refractivity (Wildman–Crippen MR) is 146 cm³/mol. The van der Waals surface area contributed by atoms with Crippen molar-refractivity contribution < 1.29 is 27.0 Å². The highest BCUT2D eigenvalue weighted by Crippen LogP contribution is 2.50. The van der Waals surface area contributed by atoms with E-state index in [9.17, 15) is 0 Å². The molecule has 4 aromatic rings. The molecule has 202 valence electrons. The van der Waals surface area contributed by atoms with Gasteiger partial charge >= 0.3 is 0 Å². The van der Waals surface area contributed by atoms with Gasteiger partial charge in [-0.3, -0.25) is 0 Å². The first kappa shape index (κ1) is 27.7. The maximum absolute atomic E-state index is 16.2. The molecular formula is C32H34F4O2. The first-order chi connectivity index (χ1) is 17.4. The Hall–Kier alpha value is -3.28. The minimum atomic E-state index is -0.733. The van der Waals surface area contributed by atoms with Gasteiger partial charge in [0.05, 0.1) is 0 Å². The molecule has 0 saturated carbocycles. The third-order valence-electron chi connectivity index (χ3n) is 6.77. The lowest BCUT2D eigenvalue weighted by Crippen LogP contribution is -2.24. The number of ether oxygens (including phenoxy) is 2. The molecule has 0 bridgehead atoms. The molecule has 38 heavy (non-hydrogen) atoms. The van der Waals surface area contributed by atoms with E-state index in [0.29, 0.717) is 0 Å². The molecule has 0 fully saturated rings. The fourth-order valence-corrected chi connectivity index (χ4v) is 4.75. The van der Waals surface area contributed by atoms with E-state index in [4.69, 9.17) is 9.47 Å². The molecule has 0 radical (unpaired) electrons. The Morgan fingerprint density at radius 3 is 1.05 bits per heavy atom. The smallest absolute Gasteiger partial charge is 0.135 e. The Labute approximate surface area is 221 Å². The third-order valence-corrected chi connectivity index (χ3v) is 6.77. The molecule has 6 heteroatoms. The normalized spacial score (nSPS) is 12.5. The SMILES string of the molecule is Cc1c(C)c(F)c2c(-c3c(OC(C)(C)C)ccc4c(F)c(C)c(C)c(F)c34)c(OC(C)(C)C)ccc2c1F. The lowest BCUT2D eigenvalue weighted by Gasteiger charge is -2.28. The van der Waals surface area contributed by atoms with Crippen LogP contribution in [0.5, 0.6) is 11.5 Å². The molecule has 0 aliphatic rings. The van der Waals surface area contributed by atoms with Gasteiger partial charge in [0.1, 0.15) is 46.0 Å². The monoisotopic (exact) mass is 526 g/mol. The topological polar surface area (TPSA) is 18.5 Å². The summed E-state index contributed by atoms with van der Waals surface area (Å²) in [6, 6.07) is 6.03. The van der Waals surface area contributed by atoms with Crippen molar-refractivity contribution in [2.75, 3.05) is 0 Å². The molecule has 0 aliphatic heterocycles. The molecule has 0 saturated heterocycles. The zero-order chi connectivity index (χ0) is 28.5. The Balaban J connectivity index is 2.37. The summed E-state index contributed by atoms with van der Waals surface area (Å²) >= 11 is 0. The van der Waals surface area contributed by atoms with Crippen LogP contribution in [0.3, 0.4) is 0 Å². The molecule has 0 N–H and O–H groups in total. The lowest BCUT2D eigenvalue weighted by atomic mass is 9.88.